The van der Waals surface area contributed by atoms with E-state index in [-0.39, 0.29) is 86.7 Å². The molecule has 1 aromatic carbocycles. The molecule has 0 aliphatic heterocycles. The maximum Gasteiger partial charge on any atom is 0.308 e. The van der Waals surface area contributed by atoms with E-state index in [0.717, 1.165) is 23.7 Å². The Hall–Kier alpha value is -0.372. The minimum atomic E-state index is -1.22. The molecule has 5 N–H and O–H groups in total. The third-order valence-corrected chi connectivity index (χ3v) is 11.1. The summed E-state index contributed by atoms with van der Waals surface area (Å²) in [6.07, 6.45) is 19.9. The summed E-state index contributed by atoms with van der Waals surface area (Å²) in [4.78, 5) is 43.6. The average Bonchev–Trinajstić information content (AvgIpc) is 3.31. The molecule has 346 valence electrons. The second-order valence-electron chi connectivity index (χ2n) is 14.8. The Labute approximate surface area is 417 Å². The topological polar surface area (TPSA) is 150 Å². The van der Waals surface area contributed by atoms with Gasteiger partial charge in [-0.25, -0.2) is 0 Å². The molecule has 6 unspecified atom stereocenters. The summed E-state index contributed by atoms with van der Waals surface area (Å²) >= 11 is 0. The number of aryl methyl sites for hydroxylation is 3. The summed E-state index contributed by atoms with van der Waals surface area (Å²) < 4.78 is 4.62. The Morgan fingerprint density at radius 3 is 1.17 bits per heavy atom. The van der Waals surface area contributed by atoms with Crippen molar-refractivity contribution < 1.29 is 94.4 Å². The number of benzene rings is 1. The Bertz CT molecular complexity index is 1040. The van der Waals surface area contributed by atoms with Gasteiger partial charge in [0.25, 0.3) is 6.47 Å². The molecule has 5 aliphatic carbocycles. The van der Waals surface area contributed by atoms with Crippen molar-refractivity contribution in [2.45, 2.75) is 201 Å². The van der Waals surface area contributed by atoms with E-state index in [0.29, 0.717) is 0 Å². The summed E-state index contributed by atoms with van der Waals surface area (Å²) in [6, 6.07) is 6.50. The summed E-state index contributed by atoms with van der Waals surface area (Å²) in [5.41, 5.74) is 13.1. The first kappa shape index (κ1) is 76.0. The fourth-order valence-electron chi connectivity index (χ4n) is 6.55. The molecule has 6 atom stereocenters. The number of carboxylic acids is 1. The number of carbonyl (C=O) groups excluding carboxylic acids is 3. The van der Waals surface area contributed by atoms with Crippen LogP contribution in [0.15, 0.2) is 18.2 Å². The van der Waals surface area contributed by atoms with Crippen molar-refractivity contribution in [2.24, 2.45) is 52.9 Å². The molecule has 2 radical (unpaired) electrons. The van der Waals surface area contributed by atoms with Crippen LogP contribution < -0.4 is 11.5 Å². The van der Waals surface area contributed by atoms with Crippen molar-refractivity contribution in [3.05, 3.63) is 34.9 Å². The molecule has 0 saturated heterocycles. The van der Waals surface area contributed by atoms with Gasteiger partial charge in [-0.05, 0) is 89.9 Å². The number of carbonyl (C=O) groups is 4. The summed E-state index contributed by atoms with van der Waals surface area (Å²) in [5, 5.41) is 8.91. The minimum Gasteiger partial charge on any atom is -0.481 e. The molecule has 10 heteroatoms. The van der Waals surface area contributed by atoms with Gasteiger partial charge in [0.05, 0.1) is 17.8 Å². The number of ether oxygens (including phenoxy) is 1. The predicted octanol–water partition coefficient (Wildman–Crippen LogP) is 12.7. The number of nitrogens with two attached hydrogens (primary N) is 2. The maximum absolute atomic E-state index is 11.2. The van der Waals surface area contributed by atoms with Gasteiger partial charge in [-0.1, -0.05) is 177 Å². The molecule has 0 heterocycles. The summed E-state index contributed by atoms with van der Waals surface area (Å²) in [7, 11) is 3.00. The van der Waals surface area contributed by atoms with E-state index in [1.165, 1.54) is 135 Å². The van der Waals surface area contributed by atoms with Crippen LogP contribution in [0.25, 0.3) is 0 Å². The van der Waals surface area contributed by atoms with Crippen molar-refractivity contribution in [2.75, 3.05) is 14.1 Å². The quantitative estimate of drug-likeness (QED) is 0.239. The number of hydrogen-bond donors (Lipinski definition) is 3. The van der Waals surface area contributed by atoms with Crippen LogP contribution in [0.2, 0.25) is 0 Å². The standard InChI is InChI=1S/C10H12O6.C10H20.C9H12.3C4H8.2C2H6.2CH5N.2CH4.2Y/c1-4(12)6-8(10(14)15)7(5(2)13)9(6)16-3-11;1-5-10-8(3)6-7(2)9(10)4;1-7-4-5-8(2)9(3)6-7;3*1-2-4-3-1;4*1-2;;;;/h3,6-9H,1-2H3,(H,14,15);7-10H,5-6H2,1-4H3;4-6H,1-3H3;3*1-4H2;2*1-2H3;2*2H2,1H3;2*1H4;;. The number of hydrogen-bond acceptors (Lipinski definition) is 7. The second-order valence-corrected chi connectivity index (χ2v) is 14.8. The number of aliphatic carboxylic acids is 1. The molecule has 5 aliphatic rings. The van der Waals surface area contributed by atoms with Crippen molar-refractivity contribution in [3.8, 4) is 0 Å². The van der Waals surface area contributed by atoms with E-state index in [2.05, 4.69) is 82.9 Å². The van der Waals surface area contributed by atoms with Crippen LogP contribution in [-0.2, 0) is 89.3 Å². The first-order chi connectivity index (χ1) is 26.3. The average molecular weight is 989 g/mol. The first-order valence-corrected chi connectivity index (χ1v) is 21.8. The van der Waals surface area contributed by atoms with Crippen molar-refractivity contribution in [3.63, 3.8) is 0 Å². The minimum absolute atomic E-state index is 0. The summed E-state index contributed by atoms with van der Waals surface area (Å²) in [6.45, 7) is 26.5. The Kier molecular flexibility index (Phi) is 64.7. The van der Waals surface area contributed by atoms with Crippen LogP contribution in [0.4, 0.5) is 0 Å². The predicted molar refractivity (Wildman–Crippen MR) is 249 cm³/mol. The van der Waals surface area contributed by atoms with E-state index < -0.39 is 41.4 Å². The summed E-state index contributed by atoms with van der Waals surface area (Å²) in [5.74, 6) is -0.988. The number of Topliss-reactive ketones (excluding diaryl/α,β-unsaturated/α-hetero) is 2. The zero-order valence-electron chi connectivity index (χ0n) is 39.6. The molecule has 0 amide bonds. The van der Waals surface area contributed by atoms with Crippen molar-refractivity contribution in [1.29, 1.82) is 0 Å². The number of carboxylic acid groups (broad SMARTS) is 1. The zero-order chi connectivity index (χ0) is 43.5. The van der Waals surface area contributed by atoms with Gasteiger partial charge in [-0.15, -0.1) is 0 Å². The molecule has 8 nitrogen and oxygen atoms in total. The SMILES string of the molecule is C.C.C1CCC1.C1CCC1.C1CCC1.CC.CC.CC(=O)C1C(OC=O)C(C(C)=O)C1C(=O)O.CCC1C(C)CC(C)C1C.CN.CN.Cc1ccc(C)c(C)c1.[Y].[Y]. The van der Waals surface area contributed by atoms with Crippen LogP contribution in [-0.4, -0.2) is 49.3 Å². The molecular formula is C49H98N2O6Y2. The Morgan fingerprint density at radius 1 is 0.661 bits per heavy atom. The van der Waals surface area contributed by atoms with Gasteiger partial charge in [0.1, 0.15) is 17.7 Å². The molecule has 1 aromatic rings. The van der Waals surface area contributed by atoms with Gasteiger partial charge in [0, 0.05) is 65.4 Å². The van der Waals surface area contributed by atoms with Crippen LogP contribution in [0, 0.1) is 62.2 Å². The molecule has 5 fully saturated rings. The molecule has 5 saturated carbocycles. The fourth-order valence-corrected chi connectivity index (χ4v) is 6.55. The van der Waals surface area contributed by atoms with Crippen molar-refractivity contribution >= 4 is 24.0 Å². The van der Waals surface area contributed by atoms with E-state index in [4.69, 9.17) is 5.11 Å². The smallest absolute Gasteiger partial charge is 0.308 e. The molecule has 59 heavy (non-hydrogen) atoms. The van der Waals surface area contributed by atoms with Gasteiger partial charge < -0.3 is 21.3 Å². The first-order valence-electron chi connectivity index (χ1n) is 21.8. The molecule has 0 aromatic heterocycles. The molecule has 6 rings (SSSR count). The number of ketones is 2. The van der Waals surface area contributed by atoms with Gasteiger partial charge in [0.2, 0.25) is 0 Å². The molecule has 0 spiro atoms. The third-order valence-electron chi connectivity index (χ3n) is 11.1. The van der Waals surface area contributed by atoms with Gasteiger partial charge in [0.15, 0.2) is 0 Å². The number of rotatable bonds is 6. The second kappa shape index (κ2) is 50.3. The van der Waals surface area contributed by atoms with Crippen molar-refractivity contribution in [1.82, 2.24) is 0 Å². The van der Waals surface area contributed by atoms with Crippen LogP contribution in [0.5, 0.6) is 0 Å². The van der Waals surface area contributed by atoms with Gasteiger partial charge in [-0.2, -0.15) is 0 Å². The van der Waals surface area contributed by atoms with E-state index in [9.17, 15) is 19.2 Å². The fraction of sp³-hybridized carbons (Fsp3) is 0.796. The van der Waals surface area contributed by atoms with Crippen LogP contribution >= 0.6 is 0 Å². The molecule has 0 bridgehead atoms. The Balaban J connectivity index is -0.0000000888. The third kappa shape index (κ3) is 32.9. The van der Waals surface area contributed by atoms with Crippen LogP contribution in [0.3, 0.4) is 0 Å². The normalized spacial score (nSPS) is 23.7. The maximum atomic E-state index is 11.2. The van der Waals surface area contributed by atoms with Gasteiger partial charge in [-0.3, -0.25) is 19.2 Å². The van der Waals surface area contributed by atoms with E-state index in [1.807, 2.05) is 27.7 Å². The van der Waals surface area contributed by atoms with E-state index >= 15 is 0 Å². The monoisotopic (exact) mass is 989 g/mol. The zero-order valence-corrected chi connectivity index (χ0v) is 45.3. The van der Waals surface area contributed by atoms with E-state index in [1.54, 1.807) is 0 Å². The van der Waals surface area contributed by atoms with Crippen LogP contribution in [0.1, 0.15) is 191 Å². The molecular weight excluding hydrogens is 890 g/mol. The van der Waals surface area contributed by atoms with Gasteiger partial charge >= 0.3 is 5.97 Å². The Morgan fingerprint density at radius 2 is 1.00 bits per heavy atom. The largest absolute Gasteiger partial charge is 0.481 e.